The lowest BCUT2D eigenvalue weighted by molar-refractivity contribution is -0.138. The van der Waals surface area contributed by atoms with Gasteiger partial charge in [-0.2, -0.15) is 35.7 Å². The van der Waals surface area contributed by atoms with E-state index in [1.165, 1.54) is 19.1 Å². The van der Waals surface area contributed by atoms with Crippen LogP contribution in [0.5, 0.6) is 23.3 Å². The number of ether oxygens (including phenoxy) is 4. The molecule has 0 radical (unpaired) electrons. The number of nitrogens with zero attached hydrogens (tertiary/aromatic N) is 4. The molecule has 1 saturated heterocycles. The summed E-state index contributed by atoms with van der Waals surface area (Å²) in [7, 11) is 0. The standard InChI is InChI=1S/C16H14Cl2F3N3O4.C14H10Cl2F3N3O3/c1-8-4-12(23-24(8)15(25)22-7-13-26-2-3-27-13)28-14-10(17)5-9(6-11(14)18)16(19,20)21;1-7-4-11(21-22(7)13(24)20-2-3-23)25-12-9(15)5-8(6-10(12)16)14(17,18)19/h4-6,13H,2-3,7H2,1H3,(H,22,25);3-6H,2H2,1H3,(H,20,24). The maximum atomic E-state index is 12.8. The van der Waals surface area contributed by atoms with E-state index in [0.29, 0.717) is 55.2 Å². The van der Waals surface area contributed by atoms with Crippen molar-refractivity contribution in [3.05, 3.63) is 79.0 Å². The minimum atomic E-state index is -4.61. The zero-order valence-corrected chi connectivity index (χ0v) is 29.9. The van der Waals surface area contributed by atoms with E-state index >= 15 is 0 Å². The molecule has 0 bridgehead atoms. The highest BCUT2D eigenvalue weighted by Crippen LogP contribution is 2.43. The summed E-state index contributed by atoms with van der Waals surface area (Å²) in [6.07, 6.45) is -9.24. The Morgan fingerprint density at radius 2 is 1.13 bits per heavy atom. The van der Waals surface area contributed by atoms with E-state index in [4.69, 9.17) is 65.4 Å². The number of carbonyl (C=O) groups excluding carboxylic acids is 3. The zero-order chi connectivity index (χ0) is 39.2. The maximum Gasteiger partial charge on any atom is 0.416 e. The Morgan fingerprint density at radius 3 is 1.49 bits per heavy atom. The third kappa shape index (κ3) is 10.9. The van der Waals surface area contributed by atoms with Gasteiger partial charge in [-0.15, -0.1) is 10.2 Å². The minimum absolute atomic E-state index is 0.0652. The van der Waals surface area contributed by atoms with Gasteiger partial charge in [-0.3, -0.25) is 0 Å². The van der Waals surface area contributed by atoms with Crippen molar-refractivity contribution in [2.24, 2.45) is 0 Å². The number of alkyl halides is 6. The fourth-order valence-corrected chi connectivity index (χ4v) is 5.36. The van der Waals surface area contributed by atoms with Crippen LogP contribution in [0.25, 0.3) is 0 Å². The molecule has 5 rings (SSSR count). The molecule has 13 nitrogen and oxygen atoms in total. The fraction of sp³-hybridized carbons (Fsp3) is 0.300. The molecule has 2 aromatic carbocycles. The topological polar surface area (TPSA) is 148 Å². The van der Waals surface area contributed by atoms with Crippen molar-refractivity contribution in [2.45, 2.75) is 32.5 Å². The molecular weight excluding hydrogens is 812 g/mol. The number of aryl methyl sites for hydroxylation is 2. The second-order valence-corrected chi connectivity index (χ2v) is 12.1. The summed E-state index contributed by atoms with van der Waals surface area (Å²) in [5.74, 6) is -0.602. The van der Waals surface area contributed by atoms with E-state index < -0.39 is 41.8 Å². The number of carbonyl (C=O) groups is 3. The predicted molar refractivity (Wildman–Crippen MR) is 176 cm³/mol. The Hall–Kier alpha value is -4.27. The summed E-state index contributed by atoms with van der Waals surface area (Å²) < 4.78 is 99.6. The van der Waals surface area contributed by atoms with Crippen LogP contribution in [0.3, 0.4) is 0 Å². The first-order chi connectivity index (χ1) is 24.8. The average Bonchev–Trinajstić information content (AvgIpc) is 3.81. The molecule has 1 fully saturated rings. The van der Waals surface area contributed by atoms with Gasteiger partial charge in [0.25, 0.3) is 0 Å². The second kappa shape index (κ2) is 17.3. The SMILES string of the molecule is Cc1cc(Oc2c(Cl)cc(C(F)(F)F)cc2Cl)nn1C(=O)NCC1OCCO1.Cc1cc(Oc2c(Cl)cc(C(F)(F)F)cc2Cl)nn1C(=O)NCC=O. The van der Waals surface area contributed by atoms with E-state index in [1.54, 1.807) is 6.92 Å². The number of hydrogen-bond donors (Lipinski definition) is 2. The van der Waals surface area contributed by atoms with E-state index in [2.05, 4.69) is 20.8 Å². The molecule has 0 saturated carbocycles. The van der Waals surface area contributed by atoms with Crippen LogP contribution in [0, 0.1) is 13.8 Å². The monoisotopic (exact) mass is 834 g/mol. The van der Waals surface area contributed by atoms with Gasteiger partial charge in [-0.05, 0) is 38.1 Å². The van der Waals surface area contributed by atoms with Gasteiger partial charge < -0.3 is 34.4 Å². The largest absolute Gasteiger partial charge is 0.434 e. The Labute approximate surface area is 314 Å². The van der Waals surface area contributed by atoms with Crippen molar-refractivity contribution in [2.75, 3.05) is 26.3 Å². The van der Waals surface area contributed by atoms with Crippen molar-refractivity contribution in [3.63, 3.8) is 0 Å². The molecule has 3 heterocycles. The highest BCUT2D eigenvalue weighted by molar-refractivity contribution is 6.38. The molecule has 1 aliphatic heterocycles. The van der Waals surface area contributed by atoms with Crippen LogP contribution < -0.4 is 20.1 Å². The lowest BCUT2D eigenvalue weighted by Crippen LogP contribution is -2.36. The quantitative estimate of drug-likeness (QED) is 0.132. The number of hydrogen-bond acceptors (Lipinski definition) is 9. The van der Waals surface area contributed by atoms with Gasteiger partial charge in [0, 0.05) is 12.1 Å². The molecule has 23 heteroatoms. The molecular formula is C30H24Cl4F6N6O7. The van der Waals surface area contributed by atoms with Crippen LogP contribution in [0.2, 0.25) is 20.1 Å². The molecule has 2 aromatic heterocycles. The Balaban J connectivity index is 0.000000238. The van der Waals surface area contributed by atoms with Crippen LogP contribution >= 0.6 is 46.4 Å². The number of halogens is 10. The number of rotatable bonds is 8. The summed E-state index contributed by atoms with van der Waals surface area (Å²) >= 11 is 23.4. The number of aldehydes is 1. The summed E-state index contributed by atoms with van der Waals surface area (Å²) in [5.41, 5.74) is -1.26. The first-order valence-electron chi connectivity index (χ1n) is 14.6. The van der Waals surface area contributed by atoms with Gasteiger partial charge in [-0.1, -0.05) is 46.4 Å². The first-order valence-corrected chi connectivity index (χ1v) is 16.1. The van der Waals surface area contributed by atoms with E-state index in [-0.39, 0.29) is 56.4 Å². The molecule has 0 spiro atoms. The van der Waals surface area contributed by atoms with Crippen molar-refractivity contribution >= 4 is 64.8 Å². The fourth-order valence-electron chi connectivity index (χ4n) is 4.23. The van der Waals surface area contributed by atoms with Crippen LogP contribution in [0.15, 0.2) is 36.4 Å². The van der Waals surface area contributed by atoms with Crippen LogP contribution in [-0.4, -0.2) is 70.5 Å². The second-order valence-electron chi connectivity index (χ2n) is 10.5. The molecule has 1 aliphatic rings. The van der Waals surface area contributed by atoms with Crippen molar-refractivity contribution in [3.8, 4) is 23.3 Å². The van der Waals surface area contributed by atoms with Crippen molar-refractivity contribution < 1.29 is 59.7 Å². The highest BCUT2D eigenvalue weighted by atomic mass is 35.5. The Kier molecular flexibility index (Phi) is 13.5. The normalized spacial score (nSPS) is 13.3. The van der Waals surface area contributed by atoms with Crippen LogP contribution in [0.4, 0.5) is 35.9 Å². The number of benzene rings is 2. The molecule has 286 valence electrons. The van der Waals surface area contributed by atoms with Gasteiger partial charge >= 0.3 is 24.4 Å². The molecule has 53 heavy (non-hydrogen) atoms. The third-order valence-corrected chi connectivity index (χ3v) is 7.75. The molecule has 0 aliphatic carbocycles. The van der Waals surface area contributed by atoms with Crippen LogP contribution in [0.1, 0.15) is 22.5 Å². The lowest BCUT2D eigenvalue weighted by Gasteiger charge is -2.12. The minimum Gasteiger partial charge on any atom is -0.434 e. The first kappa shape index (κ1) is 41.5. The summed E-state index contributed by atoms with van der Waals surface area (Å²) in [5, 5.41) is 11.3. The predicted octanol–water partition coefficient (Wildman–Crippen LogP) is 8.31. The maximum absolute atomic E-state index is 12.8. The molecule has 4 aromatic rings. The average molecular weight is 836 g/mol. The van der Waals surface area contributed by atoms with Crippen molar-refractivity contribution in [1.29, 1.82) is 0 Å². The Morgan fingerprint density at radius 1 is 0.755 bits per heavy atom. The summed E-state index contributed by atoms with van der Waals surface area (Å²) in [4.78, 5) is 34.3. The third-order valence-electron chi connectivity index (χ3n) is 6.63. The zero-order valence-electron chi connectivity index (χ0n) is 26.9. The van der Waals surface area contributed by atoms with Crippen molar-refractivity contribution in [1.82, 2.24) is 30.2 Å². The number of amides is 2. The van der Waals surface area contributed by atoms with Crippen LogP contribution in [-0.2, 0) is 26.6 Å². The van der Waals surface area contributed by atoms with Gasteiger partial charge in [0.15, 0.2) is 17.8 Å². The van der Waals surface area contributed by atoms with Gasteiger partial charge in [-0.25, -0.2) is 9.59 Å². The number of nitrogens with one attached hydrogen (secondary N) is 2. The molecule has 0 unspecified atom stereocenters. The summed E-state index contributed by atoms with van der Waals surface area (Å²) in [6.45, 7) is 3.96. The molecule has 2 amide bonds. The summed E-state index contributed by atoms with van der Waals surface area (Å²) in [6, 6.07) is 4.26. The number of aromatic nitrogens is 4. The highest BCUT2D eigenvalue weighted by Gasteiger charge is 2.33. The Bertz CT molecular complexity index is 1940. The lowest BCUT2D eigenvalue weighted by atomic mass is 10.2. The smallest absolute Gasteiger partial charge is 0.416 e. The van der Waals surface area contributed by atoms with Gasteiger partial charge in [0.05, 0.1) is 68.9 Å². The molecule has 2 N–H and O–H groups in total. The molecule has 0 atom stereocenters. The van der Waals surface area contributed by atoms with E-state index in [1.807, 2.05) is 0 Å². The van der Waals surface area contributed by atoms with E-state index in [9.17, 15) is 40.7 Å². The van der Waals surface area contributed by atoms with E-state index in [0.717, 1.165) is 9.36 Å². The van der Waals surface area contributed by atoms with Gasteiger partial charge in [0.1, 0.15) is 6.29 Å². The van der Waals surface area contributed by atoms with Gasteiger partial charge in [0.2, 0.25) is 11.8 Å².